The van der Waals surface area contributed by atoms with E-state index in [4.69, 9.17) is 4.98 Å². The van der Waals surface area contributed by atoms with Crippen LogP contribution in [0.15, 0.2) is 170 Å². The first-order valence-electron chi connectivity index (χ1n) is 16.9. The van der Waals surface area contributed by atoms with Gasteiger partial charge in [0.05, 0.1) is 43.7 Å². The van der Waals surface area contributed by atoms with E-state index in [0.29, 0.717) is 0 Å². The molecular weight excluding hydrogens is 629 g/mol. The van der Waals surface area contributed by atoms with Gasteiger partial charge in [-0.15, -0.1) is 0 Å². The van der Waals surface area contributed by atoms with Crippen LogP contribution in [0.25, 0.3) is 92.7 Å². The van der Waals surface area contributed by atoms with Crippen molar-refractivity contribution < 1.29 is 0 Å². The largest absolute Gasteiger partial charge is 0.309 e. The molecule has 0 amide bonds. The Balaban J connectivity index is 1.15. The molecule has 4 nitrogen and oxygen atoms in total. The van der Waals surface area contributed by atoms with Crippen LogP contribution < -0.4 is 0 Å². The number of rotatable bonds is 4. The molecule has 0 fully saturated rings. The lowest BCUT2D eigenvalue weighted by molar-refractivity contribution is 1.16. The monoisotopic (exact) mass is 656 g/mol. The smallest absolute Gasteiger partial charge is 0.195 e. The molecule has 4 heterocycles. The molecule has 0 spiro atoms. The summed E-state index contributed by atoms with van der Waals surface area (Å²) in [6, 6.07) is 61.2. The Morgan fingerprint density at radius 3 is 1.70 bits per heavy atom. The second kappa shape index (κ2) is 10.5. The van der Waals surface area contributed by atoms with E-state index in [-0.39, 0.29) is 0 Å². The van der Waals surface area contributed by atoms with Crippen LogP contribution in [0.2, 0.25) is 0 Å². The minimum absolute atomic E-state index is 1.00. The van der Waals surface area contributed by atoms with Crippen molar-refractivity contribution in [3.8, 4) is 33.9 Å². The summed E-state index contributed by atoms with van der Waals surface area (Å²) in [5.41, 5.74) is 12.7. The van der Waals surface area contributed by atoms with Crippen molar-refractivity contribution >= 4 is 70.1 Å². The summed E-state index contributed by atoms with van der Waals surface area (Å²) in [6.07, 6.45) is 0. The molecule has 0 unspecified atom stereocenters. The molecule has 5 heteroatoms. The van der Waals surface area contributed by atoms with E-state index in [0.717, 1.165) is 38.9 Å². The molecule has 0 aliphatic heterocycles. The zero-order valence-corrected chi connectivity index (χ0v) is 27.7. The van der Waals surface area contributed by atoms with Crippen LogP contribution in [0, 0.1) is 0 Å². The van der Waals surface area contributed by atoms with Crippen LogP contribution in [0.4, 0.5) is 0 Å². The summed E-state index contributed by atoms with van der Waals surface area (Å²) < 4.78 is 8.36. The molecule has 11 aromatic rings. The van der Waals surface area contributed by atoms with Crippen LogP contribution in [0.5, 0.6) is 0 Å². The van der Waals surface area contributed by atoms with Crippen molar-refractivity contribution in [2.24, 2.45) is 0 Å². The molecule has 0 N–H and O–H groups in total. The lowest BCUT2D eigenvalue weighted by atomic mass is 10.0. The molecule has 0 saturated carbocycles. The van der Waals surface area contributed by atoms with Crippen LogP contribution in [0.3, 0.4) is 0 Å². The maximum Gasteiger partial charge on any atom is 0.195 e. The molecule has 0 radical (unpaired) electrons. The van der Waals surface area contributed by atoms with Gasteiger partial charge in [0, 0.05) is 44.0 Å². The highest BCUT2D eigenvalue weighted by molar-refractivity contribution is 7.23. The van der Waals surface area contributed by atoms with Gasteiger partial charge in [-0.1, -0.05) is 114 Å². The van der Waals surface area contributed by atoms with Gasteiger partial charge in [-0.3, -0.25) is 4.40 Å². The van der Waals surface area contributed by atoms with Crippen molar-refractivity contribution in [2.45, 2.75) is 0 Å². The zero-order chi connectivity index (χ0) is 32.8. The van der Waals surface area contributed by atoms with Crippen molar-refractivity contribution in [1.29, 1.82) is 0 Å². The molecule has 0 aliphatic rings. The first kappa shape index (κ1) is 27.5. The normalized spacial score (nSPS) is 12.0. The van der Waals surface area contributed by atoms with E-state index in [9.17, 15) is 0 Å². The maximum atomic E-state index is 5.31. The molecule has 7 aromatic carbocycles. The summed E-state index contributed by atoms with van der Waals surface area (Å²) in [5, 5.41) is 4.92. The molecule has 11 rings (SSSR count). The Morgan fingerprint density at radius 2 is 0.960 bits per heavy atom. The Morgan fingerprint density at radius 1 is 0.400 bits per heavy atom. The minimum Gasteiger partial charge on any atom is -0.309 e. The van der Waals surface area contributed by atoms with Crippen LogP contribution >= 0.6 is 11.3 Å². The highest BCUT2D eigenvalue weighted by Gasteiger charge is 2.22. The number of thiazole rings is 1. The van der Waals surface area contributed by atoms with E-state index in [1.807, 2.05) is 0 Å². The number of fused-ring (bicyclic) bond motifs is 9. The number of benzene rings is 7. The second-order valence-electron chi connectivity index (χ2n) is 12.8. The quantitative estimate of drug-likeness (QED) is 0.185. The van der Waals surface area contributed by atoms with E-state index in [1.54, 1.807) is 11.3 Å². The average molecular weight is 657 g/mol. The molecule has 4 aromatic heterocycles. The van der Waals surface area contributed by atoms with Gasteiger partial charge >= 0.3 is 0 Å². The fourth-order valence-electron chi connectivity index (χ4n) is 7.94. The molecule has 0 saturated heterocycles. The van der Waals surface area contributed by atoms with Crippen LogP contribution in [-0.4, -0.2) is 18.5 Å². The van der Waals surface area contributed by atoms with Crippen molar-refractivity contribution in [3.63, 3.8) is 0 Å². The Kier molecular flexibility index (Phi) is 5.80. The summed E-state index contributed by atoms with van der Waals surface area (Å²) in [5.74, 6) is 0. The number of aromatic nitrogens is 4. The molecule has 234 valence electrons. The third-order valence-electron chi connectivity index (χ3n) is 10.1. The lowest BCUT2D eigenvalue weighted by Gasteiger charge is -2.11. The highest BCUT2D eigenvalue weighted by Crippen LogP contribution is 2.42. The van der Waals surface area contributed by atoms with Crippen LogP contribution in [-0.2, 0) is 0 Å². The van der Waals surface area contributed by atoms with E-state index in [1.165, 1.54) is 53.8 Å². The Bertz CT molecular complexity index is 3090. The number of hydrogen-bond acceptors (Lipinski definition) is 2. The van der Waals surface area contributed by atoms with Gasteiger partial charge in [0.15, 0.2) is 4.96 Å². The van der Waals surface area contributed by atoms with E-state index >= 15 is 0 Å². The van der Waals surface area contributed by atoms with Gasteiger partial charge in [-0.2, -0.15) is 0 Å². The lowest BCUT2D eigenvalue weighted by Crippen LogP contribution is -1.95. The molecule has 0 bridgehead atoms. The third kappa shape index (κ3) is 3.89. The predicted octanol–water partition coefficient (Wildman–Crippen LogP) is 12.1. The van der Waals surface area contributed by atoms with Crippen molar-refractivity contribution in [2.75, 3.05) is 0 Å². The fourth-order valence-corrected chi connectivity index (χ4v) is 8.96. The first-order valence-corrected chi connectivity index (χ1v) is 17.7. The summed E-state index contributed by atoms with van der Waals surface area (Å²) >= 11 is 1.74. The number of para-hydroxylation sites is 4. The highest BCUT2D eigenvalue weighted by atomic mass is 32.1. The van der Waals surface area contributed by atoms with E-state index in [2.05, 4.69) is 183 Å². The fraction of sp³-hybridized carbons (Fsp3) is 0. The number of imidazole rings is 1. The van der Waals surface area contributed by atoms with Gasteiger partial charge in [-0.05, 0) is 66.7 Å². The number of hydrogen-bond donors (Lipinski definition) is 0. The Labute approximate surface area is 291 Å². The zero-order valence-electron chi connectivity index (χ0n) is 26.9. The second-order valence-corrected chi connectivity index (χ2v) is 13.8. The molecule has 0 aliphatic carbocycles. The van der Waals surface area contributed by atoms with Gasteiger partial charge in [0.1, 0.15) is 0 Å². The maximum absolute atomic E-state index is 5.31. The topological polar surface area (TPSA) is 27.2 Å². The summed E-state index contributed by atoms with van der Waals surface area (Å²) in [7, 11) is 0. The molecular formula is C45H28N4S. The summed E-state index contributed by atoms with van der Waals surface area (Å²) in [6.45, 7) is 0. The van der Waals surface area contributed by atoms with Gasteiger partial charge < -0.3 is 9.13 Å². The number of nitrogens with zero attached hydrogens (tertiary/aromatic N) is 4. The van der Waals surface area contributed by atoms with E-state index < -0.39 is 0 Å². The SMILES string of the molecule is c1ccc(-c2c(-c3ccc4c(c3)c3ccccc3n4-c3ccc4c(c3)c3ccccc3n4-c3ccccc3)nc3sc4ccccc4n23)cc1. The van der Waals surface area contributed by atoms with Gasteiger partial charge in [-0.25, -0.2) is 4.98 Å². The average Bonchev–Trinajstić information content (AvgIpc) is 3.91. The van der Waals surface area contributed by atoms with Crippen molar-refractivity contribution in [1.82, 2.24) is 18.5 Å². The third-order valence-corrected chi connectivity index (χ3v) is 11.1. The predicted molar refractivity (Wildman–Crippen MR) is 210 cm³/mol. The minimum atomic E-state index is 1.00. The molecule has 50 heavy (non-hydrogen) atoms. The van der Waals surface area contributed by atoms with Gasteiger partial charge in [0.2, 0.25) is 0 Å². The Hall–Kier alpha value is -6.43. The van der Waals surface area contributed by atoms with Crippen molar-refractivity contribution in [3.05, 3.63) is 170 Å². The standard InChI is InChI=1S/C45H28N4S/c1-3-13-29(14-4-1)44-43(46-45-49(44)41-21-11-12-22-42(41)50-45)30-23-25-39-35(27-30)33-17-7-10-20-38(33)48(39)32-24-26-40-36(28-32)34-18-8-9-19-37(34)47(40)31-15-5-2-6-16-31/h1-28H. The molecule has 0 atom stereocenters. The van der Waals surface area contributed by atoms with Gasteiger partial charge in [0.25, 0.3) is 0 Å². The summed E-state index contributed by atoms with van der Waals surface area (Å²) in [4.78, 5) is 6.32. The van der Waals surface area contributed by atoms with Crippen LogP contribution in [0.1, 0.15) is 0 Å². The first-order chi connectivity index (χ1) is 24.8.